The molecule has 1 unspecified atom stereocenters. The summed E-state index contributed by atoms with van der Waals surface area (Å²) in [5.41, 5.74) is -0.524. The Bertz CT molecular complexity index is 308. The Balaban J connectivity index is 2.51. The standard InChI is InChI=1S/C12H21NO4/c1-7-6-9(8(2)16-10(7)14)13-11(15)17-12(3,4)5/h7-9H,6H2,1-5H3,(H,13,15)/t7-,8+,9?/m0/s1. The number of alkyl carbamates (subject to hydrolysis) is 1. The first-order valence-electron chi connectivity index (χ1n) is 5.89. The van der Waals surface area contributed by atoms with Gasteiger partial charge in [0, 0.05) is 0 Å². The zero-order valence-electron chi connectivity index (χ0n) is 11.1. The van der Waals surface area contributed by atoms with E-state index in [1.54, 1.807) is 34.6 Å². The van der Waals surface area contributed by atoms with E-state index in [1.807, 2.05) is 0 Å². The van der Waals surface area contributed by atoms with E-state index in [-0.39, 0.29) is 24.0 Å². The predicted octanol–water partition coefficient (Wildman–Crippen LogP) is 1.85. The van der Waals surface area contributed by atoms with E-state index < -0.39 is 11.7 Å². The average molecular weight is 243 g/mol. The molecule has 0 spiro atoms. The number of esters is 1. The highest BCUT2D eigenvalue weighted by molar-refractivity contribution is 5.74. The van der Waals surface area contributed by atoms with Gasteiger partial charge >= 0.3 is 12.1 Å². The SMILES string of the molecule is C[C@H]1CC(NC(=O)OC(C)(C)C)[C@@H](C)OC1=O. The van der Waals surface area contributed by atoms with Crippen LogP contribution in [-0.2, 0) is 14.3 Å². The molecule has 1 aliphatic rings. The van der Waals surface area contributed by atoms with E-state index in [1.165, 1.54) is 0 Å². The first-order chi connectivity index (χ1) is 7.69. The van der Waals surface area contributed by atoms with Gasteiger partial charge in [-0.3, -0.25) is 4.79 Å². The number of nitrogens with one attached hydrogen (secondary N) is 1. The lowest BCUT2D eigenvalue weighted by atomic mass is 9.95. The maximum Gasteiger partial charge on any atom is 0.408 e. The van der Waals surface area contributed by atoms with Crippen LogP contribution < -0.4 is 5.32 Å². The third-order valence-corrected chi connectivity index (χ3v) is 2.58. The van der Waals surface area contributed by atoms with E-state index in [0.29, 0.717) is 6.42 Å². The minimum Gasteiger partial charge on any atom is -0.460 e. The summed E-state index contributed by atoms with van der Waals surface area (Å²) >= 11 is 0. The molecule has 1 rings (SSSR count). The van der Waals surface area contributed by atoms with E-state index in [0.717, 1.165) is 0 Å². The van der Waals surface area contributed by atoms with E-state index >= 15 is 0 Å². The first kappa shape index (κ1) is 13.8. The Morgan fingerprint density at radius 2 is 2.00 bits per heavy atom. The van der Waals surface area contributed by atoms with Crippen LogP contribution in [0.15, 0.2) is 0 Å². The molecule has 1 heterocycles. The molecule has 1 fully saturated rings. The van der Waals surface area contributed by atoms with Gasteiger partial charge in [-0.2, -0.15) is 0 Å². The third kappa shape index (κ3) is 4.24. The first-order valence-corrected chi connectivity index (χ1v) is 5.89. The number of carbonyl (C=O) groups excluding carboxylic acids is 2. The number of rotatable bonds is 1. The molecule has 0 radical (unpaired) electrons. The van der Waals surface area contributed by atoms with Gasteiger partial charge in [0.15, 0.2) is 0 Å². The van der Waals surface area contributed by atoms with Crippen molar-refractivity contribution in [1.29, 1.82) is 0 Å². The van der Waals surface area contributed by atoms with Gasteiger partial charge in [0.25, 0.3) is 0 Å². The van der Waals surface area contributed by atoms with Crippen molar-refractivity contribution in [1.82, 2.24) is 5.32 Å². The molecular weight excluding hydrogens is 222 g/mol. The Morgan fingerprint density at radius 3 is 2.53 bits per heavy atom. The number of ether oxygens (including phenoxy) is 2. The topological polar surface area (TPSA) is 64.6 Å². The molecule has 0 aliphatic carbocycles. The quantitative estimate of drug-likeness (QED) is 0.714. The van der Waals surface area contributed by atoms with Gasteiger partial charge in [-0.05, 0) is 34.1 Å². The molecule has 5 nitrogen and oxygen atoms in total. The van der Waals surface area contributed by atoms with Gasteiger partial charge in [-0.15, -0.1) is 0 Å². The van der Waals surface area contributed by atoms with Crippen LogP contribution in [0.4, 0.5) is 4.79 Å². The van der Waals surface area contributed by atoms with Crippen molar-refractivity contribution in [3.63, 3.8) is 0 Å². The lowest BCUT2D eigenvalue weighted by Gasteiger charge is -2.33. The van der Waals surface area contributed by atoms with Crippen LogP contribution in [0.1, 0.15) is 41.0 Å². The second-order valence-corrected chi connectivity index (χ2v) is 5.53. The maximum atomic E-state index is 11.6. The maximum absolute atomic E-state index is 11.6. The minimum absolute atomic E-state index is 0.183. The Hall–Kier alpha value is -1.26. The normalized spacial score (nSPS) is 29.5. The Kier molecular flexibility index (Phi) is 4.01. The molecule has 1 N–H and O–H groups in total. The molecule has 1 aliphatic heterocycles. The van der Waals surface area contributed by atoms with Crippen molar-refractivity contribution in [2.45, 2.75) is 58.8 Å². The summed E-state index contributed by atoms with van der Waals surface area (Å²) in [5.74, 6) is -0.397. The highest BCUT2D eigenvalue weighted by Gasteiger charge is 2.34. The van der Waals surface area contributed by atoms with Crippen LogP contribution in [0.5, 0.6) is 0 Å². The lowest BCUT2D eigenvalue weighted by Crippen LogP contribution is -2.50. The molecule has 0 aromatic heterocycles. The van der Waals surface area contributed by atoms with Crippen LogP contribution in [0.3, 0.4) is 0 Å². The van der Waals surface area contributed by atoms with Gasteiger partial charge in [0.1, 0.15) is 11.7 Å². The van der Waals surface area contributed by atoms with Gasteiger partial charge < -0.3 is 14.8 Å². The molecule has 3 atom stereocenters. The highest BCUT2D eigenvalue weighted by atomic mass is 16.6. The molecule has 5 heteroatoms. The molecule has 1 saturated heterocycles. The van der Waals surface area contributed by atoms with E-state index in [2.05, 4.69) is 5.32 Å². The van der Waals surface area contributed by atoms with Crippen molar-refractivity contribution in [2.24, 2.45) is 5.92 Å². The number of hydrogen-bond donors (Lipinski definition) is 1. The summed E-state index contributed by atoms with van der Waals surface area (Å²) in [6, 6.07) is -0.183. The molecular formula is C12H21NO4. The average Bonchev–Trinajstić information content (AvgIpc) is 2.11. The van der Waals surface area contributed by atoms with Crippen molar-refractivity contribution in [2.75, 3.05) is 0 Å². The zero-order valence-corrected chi connectivity index (χ0v) is 11.1. The van der Waals surface area contributed by atoms with Gasteiger partial charge in [-0.25, -0.2) is 4.79 Å². The third-order valence-electron chi connectivity index (χ3n) is 2.58. The zero-order chi connectivity index (χ0) is 13.2. The Morgan fingerprint density at radius 1 is 1.41 bits per heavy atom. The molecule has 0 aromatic carbocycles. The largest absolute Gasteiger partial charge is 0.460 e. The monoisotopic (exact) mass is 243 g/mol. The fraction of sp³-hybridized carbons (Fsp3) is 0.833. The number of amides is 1. The number of hydrogen-bond acceptors (Lipinski definition) is 4. The lowest BCUT2D eigenvalue weighted by molar-refractivity contribution is -0.160. The van der Waals surface area contributed by atoms with Crippen molar-refractivity contribution in [3.8, 4) is 0 Å². The van der Waals surface area contributed by atoms with Gasteiger partial charge in [0.2, 0.25) is 0 Å². The fourth-order valence-electron chi connectivity index (χ4n) is 1.69. The number of carbonyl (C=O) groups is 2. The second-order valence-electron chi connectivity index (χ2n) is 5.53. The van der Waals surface area contributed by atoms with Crippen molar-refractivity contribution >= 4 is 12.1 Å². The fourth-order valence-corrected chi connectivity index (χ4v) is 1.69. The van der Waals surface area contributed by atoms with Crippen LogP contribution in [0, 0.1) is 5.92 Å². The van der Waals surface area contributed by atoms with Crippen LogP contribution >= 0.6 is 0 Å². The molecule has 1 amide bonds. The van der Waals surface area contributed by atoms with E-state index in [9.17, 15) is 9.59 Å². The Labute approximate surface area is 102 Å². The molecule has 0 aromatic rings. The van der Waals surface area contributed by atoms with Gasteiger partial charge in [0.05, 0.1) is 12.0 Å². The highest BCUT2D eigenvalue weighted by Crippen LogP contribution is 2.20. The summed E-state index contributed by atoms with van der Waals surface area (Å²) < 4.78 is 10.3. The van der Waals surface area contributed by atoms with Gasteiger partial charge in [-0.1, -0.05) is 6.92 Å². The van der Waals surface area contributed by atoms with E-state index in [4.69, 9.17) is 9.47 Å². The van der Waals surface area contributed by atoms with Crippen molar-refractivity contribution in [3.05, 3.63) is 0 Å². The minimum atomic E-state index is -0.524. The van der Waals surface area contributed by atoms with Crippen LogP contribution in [-0.4, -0.2) is 29.8 Å². The second kappa shape index (κ2) is 4.94. The predicted molar refractivity (Wildman–Crippen MR) is 62.5 cm³/mol. The summed E-state index contributed by atoms with van der Waals surface area (Å²) in [6.45, 7) is 8.97. The smallest absolute Gasteiger partial charge is 0.408 e. The molecule has 0 bridgehead atoms. The molecule has 17 heavy (non-hydrogen) atoms. The summed E-state index contributed by atoms with van der Waals surface area (Å²) in [5, 5.41) is 2.74. The summed E-state index contributed by atoms with van der Waals surface area (Å²) in [4.78, 5) is 22.9. The van der Waals surface area contributed by atoms with Crippen LogP contribution in [0.2, 0.25) is 0 Å². The van der Waals surface area contributed by atoms with Crippen molar-refractivity contribution < 1.29 is 19.1 Å². The van der Waals surface area contributed by atoms with Crippen LogP contribution in [0.25, 0.3) is 0 Å². The number of cyclic esters (lactones) is 1. The summed E-state index contributed by atoms with van der Waals surface area (Å²) in [7, 11) is 0. The summed E-state index contributed by atoms with van der Waals surface area (Å²) in [6.07, 6.45) is -0.204. The molecule has 0 saturated carbocycles. The molecule has 98 valence electrons.